The van der Waals surface area contributed by atoms with Gasteiger partial charge < -0.3 is 19.3 Å². The Hall–Kier alpha value is -2.15. The van der Waals surface area contributed by atoms with Gasteiger partial charge in [-0.1, -0.05) is 0 Å². The fraction of sp³-hybridized carbons (Fsp3) is 0.500. The molecule has 0 aromatic heterocycles. The molecule has 2 saturated heterocycles. The Morgan fingerprint density at radius 3 is 2.74 bits per heavy atom. The third kappa shape index (κ3) is 2.88. The minimum absolute atomic E-state index is 0.0115. The molecule has 0 N–H and O–H groups in total. The molecule has 0 radical (unpaired) electrons. The number of benzene rings is 1. The molecule has 2 atom stereocenters. The first kappa shape index (κ1) is 15.7. The highest BCUT2D eigenvalue weighted by Gasteiger charge is 2.41. The maximum absolute atomic E-state index is 13.8. The first-order chi connectivity index (χ1) is 11.0. The summed E-state index contributed by atoms with van der Waals surface area (Å²) < 4.78 is 23.9. The lowest BCUT2D eigenvalue weighted by Gasteiger charge is -2.36. The zero-order valence-electron chi connectivity index (χ0n) is 13.1. The average molecular weight is 322 g/mol. The maximum Gasteiger partial charge on any atom is 0.254 e. The molecule has 6 nitrogen and oxygen atoms in total. The Labute approximate surface area is 133 Å². The summed E-state index contributed by atoms with van der Waals surface area (Å²) in [6.45, 7) is 1.02. The highest BCUT2D eigenvalue weighted by atomic mass is 19.1. The summed E-state index contributed by atoms with van der Waals surface area (Å²) >= 11 is 0. The number of rotatable bonds is 3. The summed E-state index contributed by atoms with van der Waals surface area (Å²) in [4.78, 5) is 28.0. The molecule has 2 heterocycles. The van der Waals surface area contributed by atoms with Gasteiger partial charge in [0.2, 0.25) is 5.91 Å². The highest BCUT2D eigenvalue weighted by molar-refractivity contribution is 5.97. The number of amides is 2. The number of hydrogen-bond acceptors (Lipinski definition) is 4. The third-order valence-electron chi connectivity index (χ3n) is 4.47. The minimum Gasteiger partial charge on any atom is -0.494 e. The number of fused-ring (bicyclic) bond motifs is 1. The lowest BCUT2D eigenvalue weighted by molar-refractivity contribution is -0.136. The first-order valence-electron chi connectivity index (χ1n) is 7.48. The van der Waals surface area contributed by atoms with Crippen LogP contribution in [0.5, 0.6) is 5.75 Å². The van der Waals surface area contributed by atoms with E-state index in [-0.39, 0.29) is 41.8 Å². The van der Waals surface area contributed by atoms with E-state index in [0.29, 0.717) is 19.5 Å². The number of methoxy groups -OCH3 is 2. The van der Waals surface area contributed by atoms with Gasteiger partial charge in [0.05, 0.1) is 19.3 Å². The van der Waals surface area contributed by atoms with Crippen LogP contribution in [0, 0.1) is 5.82 Å². The van der Waals surface area contributed by atoms with E-state index in [1.807, 2.05) is 0 Å². The number of nitrogens with zero attached hydrogens (tertiary/aromatic N) is 2. The molecule has 2 amide bonds. The fourth-order valence-corrected chi connectivity index (χ4v) is 3.23. The van der Waals surface area contributed by atoms with Crippen molar-refractivity contribution in [1.82, 2.24) is 9.80 Å². The second-order valence-corrected chi connectivity index (χ2v) is 5.83. The van der Waals surface area contributed by atoms with Crippen LogP contribution in [0.3, 0.4) is 0 Å². The van der Waals surface area contributed by atoms with Crippen LogP contribution in [-0.4, -0.2) is 67.6 Å². The van der Waals surface area contributed by atoms with Gasteiger partial charge in [-0.05, 0) is 24.6 Å². The maximum atomic E-state index is 13.8. The van der Waals surface area contributed by atoms with Gasteiger partial charge in [-0.25, -0.2) is 4.39 Å². The van der Waals surface area contributed by atoms with Crippen LogP contribution in [0.25, 0.3) is 0 Å². The van der Waals surface area contributed by atoms with Crippen LogP contribution >= 0.6 is 0 Å². The van der Waals surface area contributed by atoms with Gasteiger partial charge >= 0.3 is 0 Å². The second-order valence-electron chi connectivity index (χ2n) is 5.83. The van der Waals surface area contributed by atoms with Crippen LogP contribution in [0.15, 0.2) is 18.2 Å². The lowest BCUT2D eigenvalue weighted by atomic mass is 10.1. The second kappa shape index (κ2) is 6.16. The van der Waals surface area contributed by atoms with Crippen LogP contribution in [0.4, 0.5) is 4.39 Å². The topological polar surface area (TPSA) is 59.1 Å². The van der Waals surface area contributed by atoms with E-state index in [2.05, 4.69) is 0 Å². The number of carbonyl (C=O) groups is 2. The van der Waals surface area contributed by atoms with Crippen molar-refractivity contribution in [2.45, 2.75) is 18.6 Å². The average Bonchev–Trinajstić information content (AvgIpc) is 2.98. The normalized spacial score (nSPS) is 23.9. The molecular formula is C16H19FN2O4. The van der Waals surface area contributed by atoms with Gasteiger partial charge in [-0.2, -0.15) is 0 Å². The summed E-state index contributed by atoms with van der Waals surface area (Å²) in [6.07, 6.45) is 0.723. The van der Waals surface area contributed by atoms with E-state index in [1.165, 1.54) is 24.1 Å². The molecule has 124 valence electrons. The predicted molar refractivity (Wildman–Crippen MR) is 79.8 cm³/mol. The van der Waals surface area contributed by atoms with E-state index in [9.17, 15) is 14.0 Å². The number of carbonyl (C=O) groups excluding carboxylic acids is 2. The molecule has 1 aromatic rings. The van der Waals surface area contributed by atoms with Crippen molar-refractivity contribution in [3.05, 3.63) is 29.6 Å². The van der Waals surface area contributed by atoms with E-state index >= 15 is 0 Å². The van der Waals surface area contributed by atoms with Crippen molar-refractivity contribution < 1.29 is 23.5 Å². The molecule has 2 fully saturated rings. The molecule has 0 spiro atoms. The van der Waals surface area contributed by atoms with Crippen molar-refractivity contribution >= 4 is 11.8 Å². The SMILES string of the molecule is COc1ccc(C(=O)N2CC(=O)N3C[C@@H](OC)C[C@H]3C2)cc1F. The molecule has 2 aliphatic heterocycles. The van der Waals surface area contributed by atoms with E-state index in [1.54, 1.807) is 12.0 Å². The van der Waals surface area contributed by atoms with Gasteiger partial charge in [0.15, 0.2) is 11.6 Å². The Bertz CT molecular complexity index is 637. The highest BCUT2D eigenvalue weighted by Crippen LogP contribution is 2.26. The fourth-order valence-electron chi connectivity index (χ4n) is 3.23. The van der Waals surface area contributed by atoms with Crippen LogP contribution in [0.2, 0.25) is 0 Å². The van der Waals surface area contributed by atoms with E-state index in [4.69, 9.17) is 9.47 Å². The molecule has 3 rings (SSSR count). The Kier molecular flexibility index (Phi) is 4.21. The summed E-state index contributed by atoms with van der Waals surface area (Å²) in [6, 6.07) is 4.03. The largest absolute Gasteiger partial charge is 0.494 e. The Balaban J connectivity index is 1.76. The van der Waals surface area contributed by atoms with Gasteiger partial charge in [0.1, 0.15) is 6.54 Å². The monoisotopic (exact) mass is 322 g/mol. The zero-order chi connectivity index (χ0) is 16.6. The van der Waals surface area contributed by atoms with Crippen molar-refractivity contribution in [2.75, 3.05) is 33.9 Å². The zero-order valence-corrected chi connectivity index (χ0v) is 13.1. The molecule has 2 aliphatic rings. The first-order valence-corrected chi connectivity index (χ1v) is 7.48. The van der Waals surface area contributed by atoms with Gasteiger partial charge in [-0.15, -0.1) is 0 Å². The number of ether oxygens (including phenoxy) is 2. The predicted octanol–water partition coefficient (Wildman–Crippen LogP) is 0.906. The molecule has 1 aromatic carbocycles. The van der Waals surface area contributed by atoms with Crippen LogP contribution in [0.1, 0.15) is 16.8 Å². The van der Waals surface area contributed by atoms with Crippen molar-refractivity contribution in [2.24, 2.45) is 0 Å². The summed E-state index contributed by atoms with van der Waals surface area (Å²) in [7, 11) is 2.99. The minimum atomic E-state index is -0.594. The summed E-state index contributed by atoms with van der Waals surface area (Å²) in [5.41, 5.74) is 0.214. The number of halogens is 1. The van der Waals surface area contributed by atoms with Crippen molar-refractivity contribution in [3.63, 3.8) is 0 Å². The smallest absolute Gasteiger partial charge is 0.254 e. The molecule has 0 unspecified atom stereocenters. The molecule has 7 heteroatoms. The molecule has 23 heavy (non-hydrogen) atoms. The summed E-state index contributed by atoms with van der Waals surface area (Å²) in [5, 5.41) is 0. The molecular weight excluding hydrogens is 303 g/mol. The van der Waals surface area contributed by atoms with Crippen molar-refractivity contribution in [1.29, 1.82) is 0 Å². The van der Waals surface area contributed by atoms with E-state index < -0.39 is 5.82 Å². The van der Waals surface area contributed by atoms with Crippen LogP contribution < -0.4 is 4.74 Å². The van der Waals surface area contributed by atoms with Gasteiger partial charge in [0, 0.05) is 25.8 Å². The molecule has 0 bridgehead atoms. The number of piperazine rings is 1. The number of hydrogen-bond donors (Lipinski definition) is 0. The third-order valence-corrected chi connectivity index (χ3v) is 4.47. The standard InChI is InChI=1S/C16H19FN2O4/c1-22-12-6-11-7-18(9-15(20)19(11)8-12)16(21)10-3-4-14(23-2)13(17)5-10/h3-5,11-12H,6-9H2,1-2H3/t11-,12-/m0/s1. The van der Waals surface area contributed by atoms with E-state index in [0.717, 1.165) is 6.07 Å². The van der Waals surface area contributed by atoms with Crippen molar-refractivity contribution in [3.8, 4) is 5.75 Å². The summed E-state index contributed by atoms with van der Waals surface area (Å²) in [5.74, 6) is -0.951. The van der Waals surface area contributed by atoms with Gasteiger partial charge in [0.25, 0.3) is 5.91 Å². The van der Waals surface area contributed by atoms with Gasteiger partial charge in [-0.3, -0.25) is 9.59 Å². The Morgan fingerprint density at radius 1 is 1.30 bits per heavy atom. The molecule has 0 saturated carbocycles. The molecule has 0 aliphatic carbocycles. The quantitative estimate of drug-likeness (QED) is 0.830. The lowest BCUT2D eigenvalue weighted by Crippen LogP contribution is -2.55. The Morgan fingerprint density at radius 2 is 2.09 bits per heavy atom. The van der Waals surface area contributed by atoms with Crippen LogP contribution in [-0.2, 0) is 9.53 Å².